The average molecular weight is 250 g/mol. The number of rotatable bonds is 7. The number of likely N-dealkylation sites (N-methyl/N-ethyl adjacent to an activating group) is 2. The van der Waals surface area contributed by atoms with Crippen LogP contribution in [0.4, 0.5) is 0 Å². The van der Waals surface area contributed by atoms with Crippen LogP contribution in [0, 0.1) is 0 Å². The molecule has 100 valence electrons. The molecule has 1 amide bonds. The van der Waals surface area contributed by atoms with E-state index in [0.717, 1.165) is 30.8 Å². The zero-order chi connectivity index (χ0) is 13.4. The van der Waals surface area contributed by atoms with Crippen LogP contribution in [0.5, 0.6) is 5.75 Å². The largest absolute Gasteiger partial charge is 0.497 e. The van der Waals surface area contributed by atoms with E-state index in [4.69, 9.17) is 4.74 Å². The molecule has 1 N–H and O–H groups in total. The average Bonchev–Trinajstić information content (AvgIpc) is 2.42. The van der Waals surface area contributed by atoms with Crippen LogP contribution in [0.25, 0.3) is 0 Å². The number of methoxy groups -OCH3 is 1. The van der Waals surface area contributed by atoms with Gasteiger partial charge in [-0.15, -0.1) is 0 Å². The zero-order valence-electron chi connectivity index (χ0n) is 11.4. The lowest BCUT2D eigenvalue weighted by molar-refractivity contribution is -0.129. The third-order valence-corrected chi connectivity index (χ3v) is 2.88. The third kappa shape index (κ3) is 4.75. The Balaban J connectivity index is 2.41. The SMILES string of the molecule is CNCCN(C)C(=O)CCc1cccc(OC)c1. The molecule has 1 aromatic rings. The second-order valence-electron chi connectivity index (χ2n) is 4.27. The van der Waals surface area contributed by atoms with E-state index < -0.39 is 0 Å². The number of ether oxygens (including phenoxy) is 1. The van der Waals surface area contributed by atoms with Crippen LogP contribution in [-0.4, -0.2) is 45.1 Å². The molecular formula is C14H22N2O2. The highest BCUT2D eigenvalue weighted by Gasteiger charge is 2.08. The monoisotopic (exact) mass is 250 g/mol. The number of carbonyl (C=O) groups is 1. The second kappa shape index (κ2) is 7.71. The molecule has 0 radical (unpaired) electrons. The fourth-order valence-electron chi connectivity index (χ4n) is 1.67. The van der Waals surface area contributed by atoms with Gasteiger partial charge in [-0.3, -0.25) is 4.79 Å². The molecule has 0 aliphatic carbocycles. The summed E-state index contributed by atoms with van der Waals surface area (Å²) < 4.78 is 5.16. The Labute approximate surface area is 109 Å². The lowest BCUT2D eigenvalue weighted by atomic mass is 10.1. The quantitative estimate of drug-likeness (QED) is 0.793. The summed E-state index contributed by atoms with van der Waals surface area (Å²) in [6.07, 6.45) is 1.29. The van der Waals surface area contributed by atoms with Gasteiger partial charge in [0, 0.05) is 26.6 Å². The van der Waals surface area contributed by atoms with Crippen molar-refractivity contribution in [2.24, 2.45) is 0 Å². The predicted octanol–water partition coefficient (Wildman–Crippen LogP) is 1.31. The summed E-state index contributed by atoms with van der Waals surface area (Å²) in [7, 11) is 5.37. The van der Waals surface area contributed by atoms with Gasteiger partial charge in [0.2, 0.25) is 5.91 Å². The van der Waals surface area contributed by atoms with E-state index in [-0.39, 0.29) is 5.91 Å². The molecule has 0 spiro atoms. The van der Waals surface area contributed by atoms with Gasteiger partial charge in [0.25, 0.3) is 0 Å². The molecule has 1 rings (SSSR count). The molecule has 0 unspecified atom stereocenters. The van der Waals surface area contributed by atoms with E-state index in [1.54, 1.807) is 12.0 Å². The Kier molecular flexibility index (Phi) is 6.22. The number of benzene rings is 1. The van der Waals surface area contributed by atoms with Crippen molar-refractivity contribution in [3.05, 3.63) is 29.8 Å². The minimum absolute atomic E-state index is 0.174. The number of nitrogens with zero attached hydrogens (tertiary/aromatic N) is 1. The Morgan fingerprint density at radius 3 is 2.89 bits per heavy atom. The maximum absolute atomic E-state index is 11.8. The Morgan fingerprint density at radius 2 is 2.22 bits per heavy atom. The Hall–Kier alpha value is -1.55. The van der Waals surface area contributed by atoms with Crippen molar-refractivity contribution in [2.45, 2.75) is 12.8 Å². The second-order valence-corrected chi connectivity index (χ2v) is 4.27. The van der Waals surface area contributed by atoms with E-state index in [2.05, 4.69) is 5.32 Å². The van der Waals surface area contributed by atoms with Gasteiger partial charge >= 0.3 is 0 Å². The molecule has 0 aliphatic rings. The van der Waals surface area contributed by atoms with Crippen LogP contribution in [0.15, 0.2) is 24.3 Å². The summed E-state index contributed by atoms with van der Waals surface area (Å²) in [6, 6.07) is 7.85. The lowest BCUT2D eigenvalue weighted by Crippen LogP contribution is -2.32. The molecule has 0 aliphatic heterocycles. The summed E-state index contributed by atoms with van der Waals surface area (Å²) in [4.78, 5) is 13.6. The lowest BCUT2D eigenvalue weighted by Gasteiger charge is -2.16. The van der Waals surface area contributed by atoms with Gasteiger partial charge in [0.15, 0.2) is 0 Å². The highest BCUT2D eigenvalue weighted by Crippen LogP contribution is 2.14. The number of hydrogen-bond donors (Lipinski definition) is 1. The smallest absolute Gasteiger partial charge is 0.222 e. The van der Waals surface area contributed by atoms with Crippen molar-refractivity contribution in [3.8, 4) is 5.75 Å². The molecule has 0 fully saturated rings. The van der Waals surface area contributed by atoms with Gasteiger partial charge in [0.1, 0.15) is 5.75 Å². The topological polar surface area (TPSA) is 41.6 Å². The molecule has 4 nitrogen and oxygen atoms in total. The van der Waals surface area contributed by atoms with E-state index in [1.165, 1.54) is 0 Å². The maximum Gasteiger partial charge on any atom is 0.222 e. The van der Waals surface area contributed by atoms with Crippen LogP contribution in [0.3, 0.4) is 0 Å². The first-order chi connectivity index (χ1) is 8.67. The molecule has 1 aromatic carbocycles. The first kappa shape index (κ1) is 14.5. The van der Waals surface area contributed by atoms with E-state index in [0.29, 0.717) is 6.42 Å². The molecule has 4 heteroatoms. The van der Waals surface area contributed by atoms with E-state index in [9.17, 15) is 4.79 Å². The number of amides is 1. The van der Waals surface area contributed by atoms with Crippen LogP contribution < -0.4 is 10.1 Å². The first-order valence-electron chi connectivity index (χ1n) is 6.19. The summed E-state index contributed by atoms with van der Waals surface area (Å²) >= 11 is 0. The summed E-state index contributed by atoms with van der Waals surface area (Å²) in [6.45, 7) is 1.56. The van der Waals surface area contributed by atoms with E-state index in [1.807, 2.05) is 38.4 Å². The molecule has 0 saturated heterocycles. The third-order valence-electron chi connectivity index (χ3n) is 2.88. The van der Waals surface area contributed by atoms with Gasteiger partial charge in [-0.25, -0.2) is 0 Å². The Bertz CT molecular complexity index is 380. The normalized spacial score (nSPS) is 10.2. The minimum Gasteiger partial charge on any atom is -0.497 e. The van der Waals surface area contributed by atoms with Gasteiger partial charge in [-0.1, -0.05) is 12.1 Å². The van der Waals surface area contributed by atoms with Crippen molar-refractivity contribution >= 4 is 5.91 Å². The molecular weight excluding hydrogens is 228 g/mol. The highest BCUT2D eigenvalue weighted by atomic mass is 16.5. The minimum atomic E-state index is 0.174. The molecule has 18 heavy (non-hydrogen) atoms. The van der Waals surface area contributed by atoms with E-state index >= 15 is 0 Å². The summed E-state index contributed by atoms with van der Waals surface area (Å²) in [5.74, 6) is 1.01. The van der Waals surface area contributed by atoms with Crippen LogP contribution in [0.2, 0.25) is 0 Å². The number of aryl methyl sites for hydroxylation is 1. The van der Waals surface area contributed by atoms with Crippen molar-refractivity contribution in [2.75, 3.05) is 34.3 Å². The van der Waals surface area contributed by atoms with Crippen molar-refractivity contribution in [1.82, 2.24) is 10.2 Å². The van der Waals surface area contributed by atoms with Crippen LogP contribution in [0.1, 0.15) is 12.0 Å². The molecule has 0 aromatic heterocycles. The number of carbonyl (C=O) groups excluding carboxylic acids is 1. The van der Waals surface area contributed by atoms with Crippen LogP contribution >= 0.6 is 0 Å². The van der Waals surface area contributed by atoms with Gasteiger partial charge in [0.05, 0.1) is 7.11 Å². The fourth-order valence-corrected chi connectivity index (χ4v) is 1.67. The summed E-state index contributed by atoms with van der Waals surface area (Å²) in [5.41, 5.74) is 1.13. The molecule has 0 heterocycles. The standard InChI is InChI=1S/C14H22N2O2/c1-15-9-10-16(2)14(17)8-7-12-5-4-6-13(11-12)18-3/h4-6,11,15H,7-10H2,1-3H3. The van der Waals surface area contributed by atoms with Crippen molar-refractivity contribution < 1.29 is 9.53 Å². The summed E-state index contributed by atoms with van der Waals surface area (Å²) in [5, 5.41) is 3.03. The zero-order valence-corrected chi connectivity index (χ0v) is 11.4. The number of hydrogen-bond acceptors (Lipinski definition) is 3. The first-order valence-corrected chi connectivity index (χ1v) is 6.19. The van der Waals surface area contributed by atoms with Crippen LogP contribution in [-0.2, 0) is 11.2 Å². The molecule has 0 bridgehead atoms. The van der Waals surface area contributed by atoms with Gasteiger partial charge in [-0.05, 0) is 31.2 Å². The maximum atomic E-state index is 11.8. The van der Waals surface area contributed by atoms with Gasteiger partial charge < -0.3 is 15.0 Å². The van der Waals surface area contributed by atoms with Crippen molar-refractivity contribution in [1.29, 1.82) is 0 Å². The fraction of sp³-hybridized carbons (Fsp3) is 0.500. The molecule has 0 saturated carbocycles. The predicted molar refractivity (Wildman–Crippen MR) is 72.9 cm³/mol. The van der Waals surface area contributed by atoms with Gasteiger partial charge in [-0.2, -0.15) is 0 Å². The number of nitrogens with one attached hydrogen (secondary N) is 1. The Morgan fingerprint density at radius 1 is 1.44 bits per heavy atom. The highest BCUT2D eigenvalue weighted by molar-refractivity contribution is 5.76. The molecule has 0 atom stereocenters. The van der Waals surface area contributed by atoms with Crippen molar-refractivity contribution in [3.63, 3.8) is 0 Å².